The fourth-order valence-electron chi connectivity index (χ4n) is 5.29. The fourth-order valence-corrected chi connectivity index (χ4v) is 5.29. The van der Waals surface area contributed by atoms with Gasteiger partial charge in [-0.25, -0.2) is 0 Å². The van der Waals surface area contributed by atoms with E-state index in [1.54, 1.807) is 31.4 Å². The lowest BCUT2D eigenvalue weighted by Gasteiger charge is -2.32. The van der Waals surface area contributed by atoms with Crippen LogP contribution in [0.5, 0.6) is 11.5 Å². The van der Waals surface area contributed by atoms with E-state index in [1.165, 1.54) is 28.6 Å². The molecule has 7 nitrogen and oxygen atoms in total. The van der Waals surface area contributed by atoms with Crippen molar-refractivity contribution in [1.29, 1.82) is 0 Å². The van der Waals surface area contributed by atoms with E-state index < -0.39 is 11.7 Å². The molecule has 5 rings (SSSR count). The number of rotatable bonds is 10. The lowest BCUT2D eigenvalue weighted by atomic mass is 9.96. The Balaban J connectivity index is 1.12. The lowest BCUT2D eigenvalue weighted by molar-refractivity contribution is -0.137. The lowest BCUT2D eigenvalue weighted by Crippen LogP contribution is -2.39. The molecule has 0 spiro atoms. The van der Waals surface area contributed by atoms with Crippen LogP contribution in [0.15, 0.2) is 66.9 Å². The van der Waals surface area contributed by atoms with E-state index in [2.05, 4.69) is 30.6 Å². The number of ether oxygens (including phenoxy) is 2. The number of likely N-dealkylation sites (tertiary alicyclic amines) is 1. The molecule has 42 heavy (non-hydrogen) atoms. The van der Waals surface area contributed by atoms with Gasteiger partial charge < -0.3 is 19.7 Å². The van der Waals surface area contributed by atoms with E-state index in [0.717, 1.165) is 50.1 Å². The minimum Gasteiger partial charge on any atom is -0.457 e. The van der Waals surface area contributed by atoms with Crippen molar-refractivity contribution in [1.82, 2.24) is 20.0 Å². The maximum Gasteiger partial charge on any atom is 0.416 e. The molecule has 10 heteroatoms. The van der Waals surface area contributed by atoms with Gasteiger partial charge in [-0.15, -0.1) is 0 Å². The van der Waals surface area contributed by atoms with Crippen LogP contribution in [0.3, 0.4) is 0 Å². The molecule has 1 fully saturated rings. The van der Waals surface area contributed by atoms with Gasteiger partial charge in [-0.1, -0.05) is 6.07 Å². The molecular weight excluding hydrogens is 545 g/mol. The van der Waals surface area contributed by atoms with E-state index in [1.807, 2.05) is 9.58 Å². The normalized spacial score (nSPS) is 14.5. The van der Waals surface area contributed by atoms with Crippen molar-refractivity contribution >= 4 is 16.8 Å². The molecule has 1 N–H and O–H groups in total. The van der Waals surface area contributed by atoms with Crippen LogP contribution in [0, 0.1) is 12.8 Å². The number of piperidine rings is 1. The molecule has 4 aromatic rings. The number of nitrogens with zero attached hydrogens (tertiary/aromatic N) is 3. The van der Waals surface area contributed by atoms with E-state index in [9.17, 15) is 18.0 Å². The molecule has 2 heterocycles. The Morgan fingerprint density at radius 2 is 1.67 bits per heavy atom. The van der Waals surface area contributed by atoms with Crippen molar-refractivity contribution in [2.75, 3.05) is 33.4 Å². The van der Waals surface area contributed by atoms with E-state index in [4.69, 9.17) is 14.6 Å². The molecule has 3 aromatic carbocycles. The second-order valence-corrected chi connectivity index (χ2v) is 10.7. The zero-order chi connectivity index (χ0) is 29.7. The number of aryl methyl sites for hydroxylation is 1. The zero-order valence-corrected chi connectivity index (χ0v) is 23.8. The van der Waals surface area contributed by atoms with Gasteiger partial charge in [0.1, 0.15) is 11.5 Å². The molecule has 0 saturated carbocycles. The number of alkyl halides is 3. The maximum atomic E-state index is 13.1. The van der Waals surface area contributed by atoms with Gasteiger partial charge >= 0.3 is 6.18 Å². The van der Waals surface area contributed by atoms with Crippen LogP contribution in [0.1, 0.15) is 39.9 Å². The summed E-state index contributed by atoms with van der Waals surface area (Å²) in [4.78, 5) is 15.0. The predicted octanol–water partition coefficient (Wildman–Crippen LogP) is 6.44. The largest absolute Gasteiger partial charge is 0.457 e. The quantitative estimate of drug-likeness (QED) is 0.219. The standard InChI is InChI=1S/C32H35F3N4O3/c1-22-25(19-36-15-18-41-2)5-12-30-29(22)21-39(37-30)20-23-13-16-38(17-14-23)31(40)24-3-8-27(9-4-24)42-28-10-6-26(7-11-28)32(33,34)35/h3-12,21,23,36H,13-20H2,1-2H3. The van der Waals surface area contributed by atoms with Crippen molar-refractivity contribution < 1.29 is 27.4 Å². The number of halogens is 3. The summed E-state index contributed by atoms with van der Waals surface area (Å²) in [6, 6.07) is 15.4. The molecule has 1 saturated heterocycles. The number of nitrogens with one attached hydrogen (secondary N) is 1. The number of hydrogen-bond acceptors (Lipinski definition) is 5. The second-order valence-electron chi connectivity index (χ2n) is 10.7. The third-order valence-electron chi connectivity index (χ3n) is 7.78. The average Bonchev–Trinajstić information content (AvgIpc) is 3.40. The van der Waals surface area contributed by atoms with Gasteiger partial charge in [-0.05, 0) is 91.4 Å². The SMILES string of the molecule is COCCNCc1ccc2nn(CC3CCN(C(=O)c4ccc(Oc5ccc(C(F)(F)F)cc5)cc4)CC3)cc2c1C. The molecule has 0 bridgehead atoms. The van der Waals surface area contributed by atoms with E-state index in [-0.39, 0.29) is 5.91 Å². The number of carbonyl (C=O) groups excluding carboxylic acids is 1. The highest BCUT2D eigenvalue weighted by Gasteiger charge is 2.30. The summed E-state index contributed by atoms with van der Waals surface area (Å²) in [5, 5.41) is 9.38. The molecule has 0 aliphatic carbocycles. The molecule has 0 radical (unpaired) electrons. The number of fused-ring (bicyclic) bond motifs is 1. The minimum absolute atomic E-state index is 0.0402. The Bertz CT molecular complexity index is 1490. The van der Waals surface area contributed by atoms with Crippen LogP contribution in [0.4, 0.5) is 13.2 Å². The van der Waals surface area contributed by atoms with Crippen LogP contribution >= 0.6 is 0 Å². The van der Waals surface area contributed by atoms with Crippen LogP contribution in [-0.2, 0) is 24.0 Å². The average molecular weight is 581 g/mol. The summed E-state index contributed by atoms with van der Waals surface area (Å²) in [6.45, 7) is 6.57. The zero-order valence-electron chi connectivity index (χ0n) is 23.8. The van der Waals surface area contributed by atoms with Gasteiger partial charge in [0.2, 0.25) is 0 Å². The van der Waals surface area contributed by atoms with Gasteiger partial charge in [0.15, 0.2) is 0 Å². The summed E-state index contributed by atoms with van der Waals surface area (Å²) in [6.07, 6.45) is -0.473. The topological polar surface area (TPSA) is 68.6 Å². The summed E-state index contributed by atoms with van der Waals surface area (Å²) in [7, 11) is 1.70. The molecule has 1 amide bonds. The van der Waals surface area contributed by atoms with Crippen molar-refractivity contribution in [2.45, 2.75) is 39.0 Å². The van der Waals surface area contributed by atoms with Crippen molar-refractivity contribution in [3.8, 4) is 11.5 Å². The van der Waals surface area contributed by atoms with Crippen LogP contribution < -0.4 is 10.1 Å². The Labute approximate surface area is 243 Å². The smallest absolute Gasteiger partial charge is 0.416 e. The maximum absolute atomic E-state index is 13.1. The van der Waals surface area contributed by atoms with Crippen LogP contribution in [-0.4, -0.2) is 53.9 Å². The highest BCUT2D eigenvalue weighted by atomic mass is 19.4. The van der Waals surface area contributed by atoms with Gasteiger partial charge in [0, 0.05) is 57.0 Å². The van der Waals surface area contributed by atoms with Gasteiger partial charge in [-0.2, -0.15) is 18.3 Å². The molecule has 0 atom stereocenters. The van der Waals surface area contributed by atoms with Crippen LogP contribution in [0.2, 0.25) is 0 Å². The first kappa shape index (κ1) is 29.6. The van der Waals surface area contributed by atoms with Crippen molar-refractivity contribution in [3.63, 3.8) is 0 Å². The molecular formula is C32H35F3N4O3. The molecule has 222 valence electrons. The number of amides is 1. The number of hydrogen-bond donors (Lipinski definition) is 1. The Morgan fingerprint density at radius 3 is 2.31 bits per heavy atom. The number of benzene rings is 3. The highest BCUT2D eigenvalue weighted by Crippen LogP contribution is 2.31. The minimum atomic E-state index is -4.39. The van der Waals surface area contributed by atoms with Gasteiger partial charge in [-0.3, -0.25) is 9.48 Å². The van der Waals surface area contributed by atoms with Gasteiger partial charge in [0.05, 0.1) is 17.7 Å². The molecule has 1 aliphatic heterocycles. The van der Waals surface area contributed by atoms with E-state index >= 15 is 0 Å². The third-order valence-corrected chi connectivity index (χ3v) is 7.78. The fraction of sp³-hybridized carbons (Fsp3) is 0.375. The van der Waals surface area contributed by atoms with E-state index in [0.29, 0.717) is 42.7 Å². The predicted molar refractivity (Wildman–Crippen MR) is 155 cm³/mol. The number of carbonyl (C=O) groups is 1. The molecule has 0 unspecified atom stereocenters. The molecule has 1 aromatic heterocycles. The first-order valence-corrected chi connectivity index (χ1v) is 14.1. The Hall–Kier alpha value is -3.89. The number of aromatic nitrogens is 2. The first-order chi connectivity index (χ1) is 20.2. The summed E-state index contributed by atoms with van der Waals surface area (Å²) >= 11 is 0. The third kappa shape index (κ3) is 7.11. The summed E-state index contributed by atoms with van der Waals surface area (Å²) in [5.41, 5.74) is 3.30. The van der Waals surface area contributed by atoms with Crippen LogP contribution in [0.25, 0.3) is 10.9 Å². The van der Waals surface area contributed by atoms with Crippen molar-refractivity contribution in [3.05, 3.63) is 89.1 Å². The first-order valence-electron chi connectivity index (χ1n) is 14.1. The summed E-state index contributed by atoms with van der Waals surface area (Å²) in [5.74, 6) is 1.13. The monoisotopic (exact) mass is 580 g/mol. The highest BCUT2D eigenvalue weighted by molar-refractivity contribution is 5.94. The summed E-state index contributed by atoms with van der Waals surface area (Å²) < 4.78 is 51.1. The molecule has 1 aliphatic rings. The second kappa shape index (κ2) is 13.0. The Kier molecular flexibility index (Phi) is 9.13. The van der Waals surface area contributed by atoms with Gasteiger partial charge in [0.25, 0.3) is 5.91 Å². The Morgan fingerprint density at radius 1 is 1.00 bits per heavy atom. The van der Waals surface area contributed by atoms with Crippen molar-refractivity contribution in [2.24, 2.45) is 5.92 Å². The number of methoxy groups -OCH3 is 1.